The lowest BCUT2D eigenvalue weighted by Crippen LogP contribution is -2.29. The monoisotopic (exact) mass is 231 g/mol. The molecule has 0 spiro atoms. The Labute approximate surface area is 102 Å². The first kappa shape index (κ1) is 13.2. The van der Waals surface area contributed by atoms with Gasteiger partial charge in [0.2, 0.25) is 0 Å². The van der Waals surface area contributed by atoms with E-state index in [1.807, 2.05) is 17.9 Å². The summed E-state index contributed by atoms with van der Waals surface area (Å²) < 4.78 is 5.06. The molecule has 0 radical (unpaired) electrons. The van der Waals surface area contributed by atoms with Gasteiger partial charge in [-0.25, -0.2) is 4.98 Å². The van der Waals surface area contributed by atoms with Gasteiger partial charge in [0, 0.05) is 26.4 Å². The molecule has 1 heterocycles. The molecule has 0 bridgehead atoms. The number of pyridine rings is 1. The van der Waals surface area contributed by atoms with Gasteiger partial charge in [-0.05, 0) is 18.6 Å². The van der Waals surface area contributed by atoms with Crippen LogP contribution in [0, 0.1) is 18.3 Å². The molecular formula is C13H17N3O. The fraction of sp³-hybridized carbons (Fsp3) is 0.385. The van der Waals surface area contributed by atoms with Gasteiger partial charge in [0.05, 0.1) is 12.2 Å². The minimum Gasteiger partial charge on any atom is -0.383 e. The van der Waals surface area contributed by atoms with Crippen LogP contribution in [0.25, 0.3) is 0 Å². The Balaban J connectivity index is 3.04. The first-order valence-corrected chi connectivity index (χ1v) is 5.45. The molecule has 0 saturated heterocycles. The highest BCUT2D eigenvalue weighted by Crippen LogP contribution is 2.19. The predicted octanol–water partition coefficient (Wildman–Crippen LogP) is 1.90. The van der Waals surface area contributed by atoms with Crippen LogP contribution in [0.15, 0.2) is 24.9 Å². The Morgan fingerprint density at radius 1 is 1.65 bits per heavy atom. The number of nitriles is 1. The molecule has 1 aromatic rings. The first-order valence-electron chi connectivity index (χ1n) is 5.45. The number of aromatic nitrogens is 1. The van der Waals surface area contributed by atoms with Crippen LogP contribution >= 0.6 is 0 Å². The van der Waals surface area contributed by atoms with Crippen molar-refractivity contribution in [2.75, 3.05) is 31.7 Å². The molecular weight excluding hydrogens is 214 g/mol. The average Bonchev–Trinajstić information content (AvgIpc) is 2.34. The van der Waals surface area contributed by atoms with Crippen molar-refractivity contribution in [3.8, 4) is 6.07 Å². The van der Waals surface area contributed by atoms with Gasteiger partial charge in [-0.15, -0.1) is 6.58 Å². The summed E-state index contributed by atoms with van der Waals surface area (Å²) in [5.74, 6) is 0.699. The average molecular weight is 231 g/mol. The Morgan fingerprint density at radius 3 is 3.00 bits per heavy atom. The Kier molecular flexibility index (Phi) is 5.18. The molecule has 0 fully saturated rings. The third kappa shape index (κ3) is 3.30. The number of hydrogen-bond donors (Lipinski definition) is 0. The molecule has 0 N–H and O–H groups in total. The van der Waals surface area contributed by atoms with E-state index in [0.717, 1.165) is 5.56 Å². The van der Waals surface area contributed by atoms with Gasteiger partial charge in [0.1, 0.15) is 11.9 Å². The van der Waals surface area contributed by atoms with E-state index in [1.54, 1.807) is 19.4 Å². The Morgan fingerprint density at radius 2 is 2.41 bits per heavy atom. The van der Waals surface area contributed by atoms with Crippen LogP contribution in [0.2, 0.25) is 0 Å². The number of aryl methyl sites for hydroxylation is 1. The number of rotatable bonds is 6. The van der Waals surface area contributed by atoms with Gasteiger partial charge < -0.3 is 9.64 Å². The highest BCUT2D eigenvalue weighted by atomic mass is 16.5. The minimum absolute atomic E-state index is 0.592. The maximum absolute atomic E-state index is 9.17. The van der Waals surface area contributed by atoms with Gasteiger partial charge in [-0.1, -0.05) is 6.08 Å². The van der Waals surface area contributed by atoms with Crippen LogP contribution in [0.3, 0.4) is 0 Å². The van der Waals surface area contributed by atoms with Crippen LogP contribution in [0.4, 0.5) is 5.82 Å². The molecule has 90 valence electrons. The molecule has 0 aliphatic carbocycles. The number of hydrogen-bond acceptors (Lipinski definition) is 4. The van der Waals surface area contributed by atoms with Gasteiger partial charge in [-0.2, -0.15) is 5.26 Å². The minimum atomic E-state index is 0.592. The molecule has 17 heavy (non-hydrogen) atoms. The fourth-order valence-corrected chi connectivity index (χ4v) is 1.56. The number of methoxy groups -OCH3 is 1. The van der Waals surface area contributed by atoms with Crippen molar-refractivity contribution in [2.24, 2.45) is 0 Å². The van der Waals surface area contributed by atoms with Crippen molar-refractivity contribution >= 4 is 5.82 Å². The zero-order valence-corrected chi connectivity index (χ0v) is 10.3. The van der Waals surface area contributed by atoms with Gasteiger partial charge in [-0.3, -0.25) is 0 Å². The lowest BCUT2D eigenvalue weighted by Gasteiger charge is -2.23. The zero-order chi connectivity index (χ0) is 12.7. The molecule has 1 rings (SSSR count). The third-order valence-corrected chi connectivity index (χ3v) is 2.47. The molecule has 0 aromatic carbocycles. The van der Waals surface area contributed by atoms with Crippen molar-refractivity contribution in [3.63, 3.8) is 0 Å². The van der Waals surface area contributed by atoms with Crippen LogP contribution in [0.1, 0.15) is 11.1 Å². The van der Waals surface area contributed by atoms with E-state index >= 15 is 0 Å². The van der Waals surface area contributed by atoms with Crippen molar-refractivity contribution < 1.29 is 4.74 Å². The zero-order valence-electron chi connectivity index (χ0n) is 10.3. The van der Waals surface area contributed by atoms with Gasteiger partial charge in [0.15, 0.2) is 0 Å². The van der Waals surface area contributed by atoms with E-state index < -0.39 is 0 Å². The maximum atomic E-state index is 9.17. The van der Waals surface area contributed by atoms with Gasteiger partial charge >= 0.3 is 0 Å². The van der Waals surface area contributed by atoms with Crippen molar-refractivity contribution in [2.45, 2.75) is 6.92 Å². The summed E-state index contributed by atoms with van der Waals surface area (Å²) in [4.78, 5) is 6.27. The summed E-state index contributed by atoms with van der Waals surface area (Å²) in [5.41, 5.74) is 1.55. The van der Waals surface area contributed by atoms with Crippen LogP contribution in [-0.4, -0.2) is 31.8 Å². The van der Waals surface area contributed by atoms with Gasteiger partial charge in [0.25, 0.3) is 0 Å². The summed E-state index contributed by atoms with van der Waals surface area (Å²) in [6.45, 7) is 7.55. The van der Waals surface area contributed by atoms with Crippen molar-refractivity contribution in [1.29, 1.82) is 5.26 Å². The van der Waals surface area contributed by atoms with E-state index in [-0.39, 0.29) is 0 Å². The molecule has 0 aliphatic heterocycles. The maximum Gasteiger partial charge on any atom is 0.147 e. The quantitative estimate of drug-likeness (QED) is 0.702. The van der Waals surface area contributed by atoms with E-state index in [2.05, 4.69) is 17.6 Å². The SMILES string of the molecule is C=CCN(CCOC)c1nccc(C)c1C#N. The van der Waals surface area contributed by atoms with E-state index in [0.29, 0.717) is 31.1 Å². The summed E-state index contributed by atoms with van der Waals surface area (Å²) in [6.07, 6.45) is 3.51. The van der Waals surface area contributed by atoms with E-state index in [4.69, 9.17) is 10.00 Å². The number of ether oxygens (including phenoxy) is 1. The molecule has 0 aliphatic rings. The van der Waals surface area contributed by atoms with E-state index in [9.17, 15) is 0 Å². The van der Waals surface area contributed by atoms with Crippen LogP contribution < -0.4 is 4.90 Å². The van der Waals surface area contributed by atoms with Crippen molar-refractivity contribution in [1.82, 2.24) is 4.98 Å². The summed E-state index contributed by atoms with van der Waals surface area (Å²) in [5, 5.41) is 9.17. The highest BCUT2D eigenvalue weighted by Gasteiger charge is 2.13. The largest absolute Gasteiger partial charge is 0.383 e. The third-order valence-electron chi connectivity index (χ3n) is 2.47. The lowest BCUT2D eigenvalue weighted by molar-refractivity contribution is 0.205. The number of nitrogens with zero attached hydrogens (tertiary/aromatic N) is 3. The predicted molar refractivity (Wildman–Crippen MR) is 68.0 cm³/mol. The molecule has 0 unspecified atom stereocenters. The molecule has 0 atom stereocenters. The lowest BCUT2D eigenvalue weighted by atomic mass is 10.1. The molecule has 4 nitrogen and oxygen atoms in total. The number of anilines is 1. The van der Waals surface area contributed by atoms with Crippen LogP contribution in [0.5, 0.6) is 0 Å². The Hall–Kier alpha value is -1.86. The molecule has 0 saturated carbocycles. The second-order valence-electron chi connectivity index (χ2n) is 3.67. The second-order valence-corrected chi connectivity index (χ2v) is 3.67. The van der Waals surface area contributed by atoms with Crippen molar-refractivity contribution in [3.05, 3.63) is 36.0 Å². The molecule has 4 heteroatoms. The fourth-order valence-electron chi connectivity index (χ4n) is 1.56. The highest BCUT2D eigenvalue weighted by molar-refractivity contribution is 5.57. The molecule has 1 aromatic heterocycles. The standard InChI is InChI=1S/C13H17N3O/c1-4-7-16(8-9-17-3)13-12(10-14)11(2)5-6-15-13/h4-6H,1,7-9H2,2-3H3. The molecule has 0 amide bonds. The Bertz CT molecular complexity index is 423. The topological polar surface area (TPSA) is 49.1 Å². The smallest absolute Gasteiger partial charge is 0.147 e. The first-order chi connectivity index (χ1) is 8.24. The van der Waals surface area contributed by atoms with Crippen LogP contribution in [-0.2, 0) is 4.74 Å². The summed E-state index contributed by atoms with van der Waals surface area (Å²) in [7, 11) is 1.65. The normalized spacial score (nSPS) is 9.71. The summed E-state index contributed by atoms with van der Waals surface area (Å²) >= 11 is 0. The summed E-state index contributed by atoms with van der Waals surface area (Å²) in [6, 6.07) is 4.04. The second kappa shape index (κ2) is 6.66. The van der Waals surface area contributed by atoms with E-state index in [1.165, 1.54) is 0 Å².